The summed E-state index contributed by atoms with van der Waals surface area (Å²) in [6.45, 7) is 5.20. The van der Waals surface area contributed by atoms with E-state index < -0.39 is 0 Å². The molecule has 0 saturated carbocycles. The number of aliphatic hydroxyl groups excluding tert-OH is 1. The van der Waals surface area contributed by atoms with E-state index in [4.69, 9.17) is 5.11 Å². The predicted molar refractivity (Wildman–Crippen MR) is 36.2 cm³/mol. The molecule has 0 saturated heterocycles. The molecule has 9 heavy (non-hydrogen) atoms. The zero-order chi connectivity index (χ0) is 7.44. The van der Waals surface area contributed by atoms with E-state index >= 15 is 0 Å². The van der Waals surface area contributed by atoms with E-state index in [0.717, 1.165) is 6.26 Å². The highest BCUT2D eigenvalue weighted by Gasteiger charge is 2.07. The van der Waals surface area contributed by atoms with Crippen molar-refractivity contribution in [2.75, 3.05) is 0 Å². The summed E-state index contributed by atoms with van der Waals surface area (Å²) >= 11 is 0. The molecule has 0 aromatic rings. The maximum atomic E-state index is 10.8. The minimum absolute atomic E-state index is 0.00231. The Bertz CT molecular complexity index is 134. The van der Waals surface area contributed by atoms with Crippen LogP contribution in [0.15, 0.2) is 11.8 Å². The number of rotatable bonds is 2. The molecule has 0 spiro atoms. The average molecular weight is 128 g/mol. The Morgan fingerprint density at radius 3 is 2.11 bits per heavy atom. The molecule has 0 aromatic carbocycles. The lowest BCUT2D eigenvalue weighted by molar-refractivity contribution is -0.118. The number of hydrogen-bond acceptors (Lipinski definition) is 2. The highest BCUT2D eigenvalue weighted by atomic mass is 16.2. The second-order valence-corrected chi connectivity index (χ2v) is 2.33. The van der Waals surface area contributed by atoms with Gasteiger partial charge in [0.05, 0.1) is 6.26 Å². The first-order valence-electron chi connectivity index (χ1n) is 2.94. The van der Waals surface area contributed by atoms with E-state index in [9.17, 15) is 4.79 Å². The van der Waals surface area contributed by atoms with Crippen LogP contribution in [0.1, 0.15) is 20.8 Å². The maximum absolute atomic E-state index is 10.8. The molecule has 52 valence electrons. The summed E-state index contributed by atoms with van der Waals surface area (Å²) in [4.78, 5) is 10.8. The first kappa shape index (κ1) is 8.21. The molecule has 0 aliphatic rings. The van der Waals surface area contributed by atoms with Gasteiger partial charge in [-0.25, -0.2) is 0 Å². The molecule has 0 unspecified atom stereocenters. The summed E-state index contributed by atoms with van der Waals surface area (Å²) < 4.78 is 0. The van der Waals surface area contributed by atoms with Gasteiger partial charge in [-0.1, -0.05) is 13.8 Å². The maximum Gasteiger partial charge on any atom is 0.164 e. The standard InChI is InChI=1S/C7H12O2/c1-5(2)7(9)6(3)4-8/h4-5,8H,1-3H3. The van der Waals surface area contributed by atoms with Crippen LogP contribution in [0.2, 0.25) is 0 Å². The van der Waals surface area contributed by atoms with Crippen LogP contribution in [0.4, 0.5) is 0 Å². The van der Waals surface area contributed by atoms with Crippen molar-refractivity contribution in [2.45, 2.75) is 20.8 Å². The average Bonchev–Trinajstić information content (AvgIpc) is 1.84. The smallest absolute Gasteiger partial charge is 0.164 e. The number of ketones is 1. The summed E-state index contributed by atoms with van der Waals surface area (Å²) in [6, 6.07) is 0. The molecular weight excluding hydrogens is 116 g/mol. The van der Waals surface area contributed by atoms with Gasteiger partial charge < -0.3 is 5.11 Å². The van der Waals surface area contributed by atoms with Gasteiger partial charge in [-0.3, -0.25) is 4.79 Å². The van der Waals surface area contributed by atoms with Crippen molar-refractivity contribution in [1.82, 2.24) is 0 Å². The molecule has 0 aliphatic heterocycles. The minimum Gasteiger partial charge on any atom is -0.515 e. The summed E-state index contributed by atoms with van der Waals surface area (Å²) in [7, 11) is 0. The Hall–Kier alpha value is -0.790. The van der Waals surface area contributed by atoms with E-state index in [2.05, 4.69) is 0 Å². The van der Waals surface area contributed by atoms with Gasteiger partial charge in [0.2, 0.25) is 0 Å². The Kier molecular flexibility index (Phi) is 2.99. The first-order chi connectivity index (χ1) is 4.09. The fraction of sp³-hybridized carbons (Fsp3) is 0.571. The van der Waals surface area contributed by atoms with Crippen LogP contribution in [0.5, 0.6) is 0 Å². The van der Waals surface area contributed by atoms with E-state index in [1.165, 1.54) is 0 Å². The molecule has 0 heterocycles. The van der Waals surface area contributed by atoms with Crippen LogP contribution in [0.3, 0.4) is 0 Å². The quantitative estimate of drug-likeness (QED) is 0.453. The van der Waals surface area contributed by atoms with Crippen molar-refractivity contribution in [1.29, 1.82) is 0 Å². The summed E-state index contributed by atoms with van der Waals surface area (Å²) in [5.41, 5.74) is 0.421. The van der Waals surface area contributed by atoms with Gasteiger partial charge in [-0.2, -0.15) is 0 Å². The van der Waals surface area contributed by atoms with Crippen LogP contribution in [0, 0.1) is 5.92 Å². The normalized spacial score (nSPS) is 12.2. The van der Waals surface area contributed by atoms with Gasteiger partial charge in [0, 0.05) is 11.5 Å². The molecule has 2 heteroatoms. The van der Waals surface area contributed by atoms with Crippen molar-refractivity contribution in [2.24, 2.45) is 5.92 Å². The summed E-state index contributed by atoms with van der Waals surface area (Å²) in [6.07, 6.45) is 0.850. The molecule has 0 atom stereocenters. The zero-order valence-corrected chi connectivity index (χ0v) is 6.01. The molecule has 0 rings (SSSR count). The lowest BCUT2D eigenvalue weighted by Crippen LogP contribution is -2.07. The number of Topliss-reactive ketones (excluding diaryl/α,β-unsaturated/α-hetero) is 1. The largest absolute Gasteiger partial charge is 0.515 e. The zero-order valence-electron chi connectivity index (χ0n) is 6.01. The molecule has 1 N–H and O–H groups in total. The van der Waals surface area contributed by atoms with Crippen LogP contribution in [-0.4, -0.2) is 10.9 Å². The Morgan fingerprint density at radius 1 is 1.56 bits per heavy atom. The van der Waals surface area contributed by atoms with Crippen LogP contribution in [-0.2, 0) is 4.79 Å². The van der Waals surface area contributed by atoms with Crippen molar-refractivity contribution < 1.29 is 9.90 Å². The van der Waals surface area contributed by atoms with Gasteiger partial charge in [0.25, 0.3) is 0 Å². The molecule has 0 radical (unpaired) electrons. The molecule has 0 aliphatic carbocycles. The van der Waals surface area contributed by atoms with Gasteiger partial charge in [-0.05, 0) is 6.92 Å². The minimum atomic E-state index is -0.0200. The SMILES string of the molecule is CC(=CO)C(=O)C(C)C. The topological polar surface area (TPSA) is 37.3 Å². The third-order valence-corrected chi connectivity index (χ3v) is 1.11. The highest BCUT2D eigenvalue weighted by molar-refractivity contribution is 5.95. The lowest BCUT2D eigenvalue weighted by Gasteiger charge is -2.00. The molecule has 2 nitrogen and oxygen atoms in total. The first-order valence-corrected chi connectivity index (χ1v) is 2.94. The fourth-order valence-electron chi connectivity index (χ4n) is 0.519. The van der Waals surface area contributed by atoms with E-state index in [0.29, 0.717) is 5.57 Å². The molecule has 0 aromatic heterocycles. The Morgan fingerprint density at radius 2 is 2.00 bits per heavy atom. The number of carbonyl (C=O) groups is 1. The van der Waals surface area contributed by atoms with Crippen LogP contribution < -0.4 is 0 Å². The van der Waals surface area contributed by atoms with E-state index in [-0.39, 0.29) is 11.7 Å². The number of carbonyl (C=O) groups excluding carboxylic acids is 1. The second-order valence-electron chi connectivity index (χ2n) is 2.33. The van der Waals surface area contributed by atoms with Gasteiger partial charge in [0.15, 0.2) is 5.78 Å². The second kappa shape index (κ2) is 3.28. The van der Waals surface area contributed by atoms with Crippen molar-refractivity contribution in [3.05, 3.63) is 11.8 Å². The predicted octanol–water partition coefficient (Wildman–Crippen LogP) is 1.67. The Labute approximate surface area is 55.2 Å². The van der Waals surface area contributed by atoms with Crippen molar-refractivity contribution in [3.8, 4) is 0 Å². The fourth-order valence-corrected chi connectivity index (χ4v) is 0.519. The van der Waals surface area contributed by atoms with Gasteiger partial charge >= 0.3 is 0 Å². The van der Waals surface area contributed by atoms with Crippen LogP contribution >= 0.6 is 0 Å². The van der Waals surface area contributed by atoms with Crippen LogP contribution in [0.25, 0.3) is 0 Å². The van der Waals surface area contributed by atoms with Crippen molar-refractivity contribution in [3.63, 3.8) is 0 Å². The van der Waals surface area contributed by atoms with Crippen molar-refractivity contribution >= 4 is 5.78 Å². The summed E-state index contributed by atoms with van der Waals surface area (Å²) in [5.74, 6) is -0.0223. The number of hydrogen-bond donors (Lipinski definition) is 1. The van der Waals surface area contributed by atoms with E-state index in [1.807, 2.05) is 0 Å². The molecule has 0 fully saturated rings. The molecule has 0 amide bonds. The third-order valence-electron chi connectivity index (χ3n) is 1.11. The highest BCUT2D eigenvalue weighted by Crippen LogP contribution is 2.02. The van der Waals surface area contributed by atoms with Gasteiger partial charge in [0.1, 0.15) is 0 Å². The molecule has 0 bridgehead atoms. The lowest BCUT2D eigenvalue weighted by atomic mass is 10.0. The Balaban J connectivity index is 4.06. The number of allylic oxidation sites excluding steroid dienone is 1. The van der Waals surface area contributed by atoms with E-state index in [1.54, 1.807) is 20.8 Å². The third kappa shape index (κ3) is 2.31. The van der Waals surface area contributed by atoms with Gasteiger partial charge in [-0.15, -0.1) is 0 Å². The summed E-state index contributed by atoms with van der Waals surface area (Å²) in [5, 5.41) is 8.37. The number of aliphatic hydroxyl groups is 1. The molecular formula is C7H12O2. The monoisotopic (exact) mass is 128 g/mol.